The molecule has 0 aliphatic carbocycles. The Morgan fingerprint density at radius 2 is 2.18 bits per heavy atom. The summed E-state index contributed by atoms with van der Waals surface area (Å²) in [6.07, 6.45) is 1.42. The SMILES string of the molecule is CC(CN1C(=O)c2cccnc2C1=O)C(=O)O. The Morgan fingerprint density at radius 3 is 2.76 bits per heavy atom. The van der Waals surface area contributed by atoms with Crippen molar-refractivity contribution in [3.63, 3.8) is 0 Å². The lowest BCUT2D eigenvalue weighted by Crippen LogP contribution is -2.36. The largest absolute Gasteiger partial charge is 0.481 e. The number of carboxylic acid groups (broad SMARTS) is 1. The van der Waals surface area contributed by atoms with Crippen LogP contribution in [0.2, 0.25) is 0 Å². The third-order valence-electron chi connectivity index (χ3n) is 2.61. The molecular formula is C11H10N2O4. The van der Waals surface area contributed by atoms with Gasteiger partial charge in [0.25, 0.3) is 11.8 Å². The summed E-state index contributed by atoms with van der Waals surface area (Å²) in [5, 5.41) is 8.77. The summed E-state index contributed by atoms with van der Waals surface area (Å²) in [6.45, 7) is 1.31. The van der Waals surface area contributed by atoms with E-state index in [1.807, 2.05) is 0 Å². The van der Waals surface area contributed by atoms with Crippen molar-refractivity contribution >= 4 is 17.8 Å². The zero-order chi connectivity index (χ0) is 12.6. The maximum Gasteiger partial charge on any atom is 0.308 e. The van der Waals surface area contributed by atoms with Crippen molar-refractivity contribution in [1.29, 1.82) is 0 Å². The zero-order valence-corrected chi connectivity index (χ0v) is 9.08. The van der Waals surface area contributed by atoms with E-state index in [1.54, 1.807) is 6.07 Å². The fourth-order valence-corrected chi connectivity index (χ4v) is 1.63. The summed E-state index contributed by atoms with van der Waals surface area (Å²) in [6, 6.07) is 3.07. The smallest absolute Gasteiger partial charge is 0.308 e. The second-order valence-corrected chi connectivity index (χ2v) is 3.86. The van der Waals surface area contributed by atoms with E-state index >= 15 is 0 Å². The van der Waals surface area contributed by atoms with Gasteiger partial charge in [-0.3, -0.25) is 24.3 Å². The highest BCUT2D eigenvalue weighted by Gasteiger charge is 2.37. The number of imide groups is 1. The predicted octanol–water partition coefficient (Wildman–Crippen LogP) is 0.398. The monoisotopic (exact) mass is 234 g/mol. The lowest BCUT2D eigenvalue weighted by atomic mass is 10.2. The maximum atomic E-state index is 11.8. The van der Waals surface area contributed by atoms with Gasteiger partial charge in [0.2, 0.25) is 0 Å². The van der Waals surface area contributed by atoms with E-state index < -0.39 is 23.7 Å². The van der Waals surface area contributed by atoms with Crippen LogP contribution in [0.5, 0.6) is 0 Å². The molecule has 0 fully saturated rings. The molecule has 0 saturated heterocycles. The summed E-state index contributed by atoms with van der Waals surface area (Å²) in [7, 11) is 0. The first-order valence-corrected chi connectivity index (χ1v) is 5.06. The van der Waals surface area contributed by atoms with Gasteiger partial charge in [0.15, 0.2) is 0 Å². The summed E-state index contributed by atoms with van der Waals surface area (Å²) in [5.74, 6) is -2.85. The number of aliphatic carboxylic acids is 1. The van der Waals surface area contributed by atoms with E-state index in [1.165, 1.54) is 19.2 Å². The molecule has 1 aliphatic heterocycles. The first-order chi connectivity index (χ1) is 8.02. The maximum absolute atomic E-state index is 11.8. The van der Waals surface area contributed by atoms with Crippen LogP contribution in [0.25, 0.3) is 0 Å². The van der Waals surface area contributed by atoms with Crippen molar-refractivity contribution < 1.29 is 19.5 Å². The fraction of sp³-hybridized carbons (Fsp3) is 0.273. The molecule has 0 saturated carbocycles. The average Bonchev–Trinajstić information content (AvgIpc) is 2.55. The number of carbonyl (C=O) groups is 3. The van der Waals surface area contributed by atoms with Gasteiger partial charge in [-0.25, -0.2) is 0 Å². The van der Waals surface area contributed by atoms with Crippen LogP contribution < -0.4 is 0 Å². The third kappa shape index (κ3) is 1.77. The molecule has 6 nitrogen and oxygen atoms in total. The summed E-state index contributed by atoms with van der Waals surface area (Å²) < 4.78 is 0. The van der Waals surface area contributed by atoms with Crippen molar-refractivity contribution in [2.45, 2.75) is 6.92 Å². The highest BCUT2D eigenvalue weighted by Crippen LogP contribution is 2.21. The molecular weight excluding hydrogens is 224 g/mol. The molecule has 0 spiro atoms. The topological polar surface area (TPSA) is 87.6 Å². The fourth-order valence-electron chi connectivity index (χ4n) is 1.63. The lowest BCUT2D eigenvalue weighted by Gasteiger charge is -2.15. The molecule has 2 heterocycles. The van der Waals surface area contributed by atoms with Gasteiger partial charge < -0.3 is 5.11 Å². The van der Waals surface area contributed by atoms with Gasteiger partial charge in [-0.1, -0.05) is 6.92 Å². The number of nitrogens with zero attached hydrogens (tertiary/aromatic N) is 2. The van der Waals surface area contributed by atoms with E-state index in [-0.39, 0.29) is 17.8 Å². The summed E-state index contributed by atoms with van der Waals surface area (Å²) >= 11 is 0. The number of amides is 2. The van der Waals surface area contributed by atoms with E-state index in [4.69, 9.17) is 5.11 Å². The van der Waals surface area contributed by atoms with Gasteiger partial charge in [-0.2, -0.15) is 0 Å². The number of aromatic nitrogens is 1. The average molecular weight is 234 g/mol. The molecule has 0 aromatic carbocycles. The Balaban J connectivity index is 2.27. The molecule has 0 radical (unpaired) electrons. The second-order valence-electron chi connectivity index (χ2n) is 3.86. The number of hydrogen-bond acceptors (Lipinski definition) is 4. The number of hydrogen-bond donors (Lipinski definition) is 1. The van der Waals surface area contributed by atoms with Crippen LogP contribution in [0.15, 0.2) is 18.3 Å². The Morgan fingerprint density at radius 1 is 1.47 bits per heavy atom. The van der Waals surface area contributed by atoms with Gasteiger partial charge >= 0.3 is 5.97 Å². The molecule has 17 heavy (non-hydrogen) atoms. The highest BCUT2D eigenvalue weighted by atomic mass is 16.4. The number of carboxylic acids is 1. The molecule has 1 aromatic heterocycles. The normalized spacial score (nSPS) is 15.9. The predicted molar refractivity (Wildman–Crippen MR) is 56.4 cm³/mol. The van der Waals surface area contributed by atoms with Gasteiger partial charge in [0.1, 0.15) is 5.69 Å². The van der Waals surface area contributed by atoms with Crippen molar-refractivity contribution in [3.8, 4) is 0 Å². The Kier molecular flexibility index (Phi) is 2.63. The number of carbonyl (C=O) groups excluding carboxylic acids is 2. The van der Waals surface area contributed by atoms with Gasteiger partial charge in [0.05, 0.1) is 11.5 Å². The molecule has 2 rings (SSSR count). The molecule has 0 bridgehead atoms. The summed E-state index contributed by atoms with van der Waals surface area (Å²) in [5.41, 5.74) is 0.324. The Labute approximate surface area is 96.9 Å². The minimum Gasteiger partial charge on any atom is -0.481 e. The van der Waals surface area contributed by atoms with Crippen molar-refractivity contribution in [2.75, 3.05) is 6.54 Å². The molecule has 1 atom stereocenters. The van der Waals surface area contributed by atoms with Crippen LogP contribution in [0.1, 0.15) is 27.8 Å². The van der Waals surface area contributed by atoms with Crippen LogP contribution in [0.4, 0.5) is 0 Å². The molecule has 1 aromatic rings. The second kappa shape index (κ2) is 3.97. The first kappa shape index (κ1) is 11.3. The van der Waals surface area contributed by atoms with Crippen molar-refractivity contribution in [3.05, 3.63) is 29.6 Å². The van der Waals surface area contributed by atoms with Gasteiger partial charge in [-0.05, 0) is 12.1 Å². The van der Waals surface area contributed by atoms with Crippen molar-refractivity contribution in [1.82, 2.24) is 9.88 Å². The molecule has 1 N–H and O–H groups in total. The molecule has 1 aliphatic rings. The van der Waals surface area contributed by atoms with Gasteiger partial charge in [-0.15, -0.1) is 0 Å². The minimum atomic E-state index is -1.05. The molecule has 1 unspecified atom stereocenters. The Hall–Kier alpha value is -2.24. The first-order valence-electron chi connectivity index (χ1n) is 5.06. The summed E-state index contributed by atoms with van der Waals surface area (Å²) in [4.78, 5) is 39.1. The third-order valence-corrected chi connectivity index (χ3v) is 2.61. The highest BCUT2D eigenvalue weighted by molar-refractivity contribution is 6.20. The number of rotatable bonds is 3. The quantitative estimate of drug-likeness (QED) is 0.765. The van der Waals surface area contributed by atoms with Crippen LogP contribution in [-0.2, 0) is 4.79 Å². The Bertz CT molecular complexity index is 477. The van der Waals surface area contributed by atoms with E-state index in [0.717, 1.165) is 4.90 Å². The van der Waals surface area contributed by atoms with Crippen molar-refractivity contribution in [2.24, 2.45) is 5.92 Å². The van der Waals surface area contributed by atoms with Crippen LogP contribution in [0.3, 0.4) is 0 Å². The number of pyridine rings is 1. The van der Waals surface area contributed by atoms with Crippen LogP contribution in [0, 0.1) is 5.92 Å². The lowest BCUT2D eigenvalue weighted by molar-refractivity contribution is -0.141. The molecule has 6 heteroatoms. The number of fused-ring (bicyclic) bond motifs is 1. The van der Waals surface area contributed by atoms with E-state index in [0.29, 0.717) is 0 Å². The standard InChI is InChI=1S/C11H10N2O4/c1-6(11(16)17)5-13-9(14)7-3-2-4-12-8(7)10(13)15/h2-4,6H,5H2,1H3,(H,16,17). The van der Waals surface area contributed by atoms with Crippen LogP contribution in [-0.4, -0.2) is 39.3 Å². The van der Waals surface area contributed by atoms with E-state index in [2.05, 4.69) is 4.98 Å². The van der Waals surface area contributed by atoms with E-state index in [9.17, 15) is 14.4 Å². The van der Waals surface area contributed by atoms with Gasteiger partial charge in [0, 0.05) is 12.7 Å². The minimum absolute atomic E-state index is 0.0927. The van der Waals surface area contributed by atoms with Crippen LogP contribution >= 0.6 is 0 Å². The molecule has 2 amide bonds. The molecule has 88 valence electrons. The zero-order valence-electron chi connectivity index (χ0n) is 9.08.